The van der Waals surface area contributed by atoms with Crippen molar-refractivity contribution in [1.82, 2.24) is 28.9 Å². The number of fused-ring (bicyclic) bond motifs is 2. The molecule has 0 radical (unpaired) electrons. The van der Waals surface area contributed by atoms with Gasteiger partial charge in [-0.1, -0.05) is 68.0 Å². The van der Waals surface area contributed by atoms with Gasteiger partial charge in [0.1, 0.15) is 0 Å². The summed E-state index contributed by atoms with van der Waals surface area (Å²) in [6.45, 7) is 6.47. The van der Waals surface area contributed by atoms with Crippen LogP contribution in [0.5, 0.6) is 0 Å². The first-order valence-electron chi connectivity index (χ1n) is 20.4. The number of nitrogens with one attached hydrogen (secondary N) is 2. The molecule has 0 unspecified atom stereocenters. The fourth-order valence-corrected chi connectivity index (χ4v) is 9.83. The van der Waals surface area contributed by atoms with E-state index in [2.05, 4.69) is 20.4 Å². The maximum Gasteiger partial charge on any atom is 0.291 e. The number of amides is 2. The van der Waals surface area contributed by atoms with Crippen molar-refractivity contribution in [1.29, 1.82) is 0 Å². The summed E-state index contributed by atoms with van der Waals surface area (Å²) in [6.07, 6.45) is 13.3. The van der Waals surface area contributed by atoms with Crippen molar-refractivity contribution < 1.29 is 14.7 Å². The van der Waals surface area contributed by atoms with Crippen molar-refractivity contribution in [3.63, 3.8) is 0 Å². The van der Waals surface area contributed by atoms with Crippen LogP contribution in [-0.2, 0) is 40.0 Å². The van der Waals surface area contributed by atoms with Crippen LogP contribution in [0, 0.1) is 12.8 Å². The molecule has 4 aromatic rings. The van der Waals surface area contributed by atoms with Crippen LogP contribution in [0.4, 0.5) is 11.4 Å². The Bertz CT molecular complexity index is 2060. The average molecular weight is 767 g/mol. The zero-order chi connectivity index (χ0) is 38.2. The number of aliphatic hydroxyl groups excluding tert-OH is 1. The molecule has 2 aliphatic heterocycles. The maximum atomic E-state index is 13.7. The molecule has 2 fully saturated rings. The molecule has 0 spiro atoms. The second-order valence-corrected chi connectivity index (χ2v) is 16.7. The van der Waals surface area contributed by atoms with E-state index in [1.165, 1.54) is 38.5 Å². The Hall–Kier alpha value is -4.03. The van der Waals surface area contributed by atoms with E-state index < -0.39 is 0 Å². The number of aromatic nitrogens is 4. The maximum absolute atomic E-state index is 13.7. The minimum Gasteiger partial charge on any atom is -0.393 e. The van der Waals surface area contributed by atoms with Gasteiger partial charge in [0.05, 0.1) is 28.2 Å². The lowest BCUT2D eigenvalue weighted by Crippen LogP contribution is -2.42. The zero-order valence-corrected chi connectivity index (χ0v) is 33.3. The van der Waals surface area contributed by atoms with Crippen LogP contribution in [0.25, 0.3) is 11.1 Å². The van der Waals surface area contributed by atoms with Crippen LogP contribution in [0.2, 0.25) is 5.02 Å². The number of nitrogens with zero attached hydrogens (tertiary/aromatic N) is 6. The highest BCUT2D eigenvalue weighted by molar-refractivity contribution is 6.36. The van der Waals surface area contributed by atoms with Crippen LogP contribution in [0.1, 0.15) is 114 Å². The number of benzene rings is 2. The molecule has 4 heterocycles. The smallest absolute Gasteiger partial charge is 0.291 e. The Morgan fingerprint density at radius 2 is 1.38 bits per heavy atom. The van der Waals surface area contributed by atoms with Gasteiger partial charge in [0.25, 0.3) is 11.8 Å². The van der Waals surface area contributed by atoms with Crippen LogP contribution < -0.4 is 10.6 Å². The SMILES string of the molecule is Cc1c(NC(=O)c2nc3c(n2C)CCN(C2CCC(O)CC2)C3)cccc1-c1cccc(NC(=O)c2nc3c(n2C)CCN(CCC2CCCCC2)C3)c1Cl. The van der Waals surface area contributed by atoms with E-state index in [0.717, 1.165) is 117 Å². The van der Waals surface area contributed by atoms with Gasteiger partial charge in [-0.05, 0) is 74.8 Å². The molecule has 12 heteroatoms. The first kappa shape index (κ1) is 37.9. The van der Waals surface area contributed by atoms with Crippen LogP contribution in [0.15, 0.2) is 36.4 Å². The molecule has 2 aliphatic carbocycles. The predicted octanol–water partition coefficient (Wildman–Crippen LogP) is 7.28. The molecule has 3 N–H and O–H groups in total. The molecule has 0 bridgehead atoms. The highest BCUT2D eigenvalue weighted by atomic mass is 35.5. The van der Waals surface area contributed by atoms with Gasteiger partial charge >= 0.3 is 0 Å². The minimum atomic E-state index is -0.291. The molecule has 0 saturated heterocycles. The standard InChI is InChI=1S/C43H55ClN8O3/c1-27-31(11-7-13-33(27)47-42(54)40-46-36-26-52(24-21-38(36)50(40)3)29-15-17-30(53)18-16-29)32-12-8-14-34(39(32)44)48-43(55)41-45-35-25-51(23-20-37(35)49(41)2)22-19-28-9-5-4-6-10-28/h7-8,11-14,28-30,53H,4-6,9-10,15-26H2,1-3H3,(H,47,54)(H,48,55). The van der Waals surface area contributed by atoms with Crippen LogP contribution in [0.3, 0.4) is 0 Å². The van der Waals surface area contributed by atoms with Gasteiger partial charge in [0.2, 0.25) is 0 Å². The highest BCUT2D eigenvalue weighted by Gasteiger charge is 2.32. The van der Waals surface area contributed by atoms with Crippen molar-refractivity contribution in [2.24, 2.45) is 20.0 Å². The number of carbonyl (C=O) groups is 2. The Morgan fingerprint density at radius 1 is 0.782 bits per heavy atom. The molecule has 292 valence electrons. The molecule has 2 amide bonds. The molecule has 0 atom stereocenters. The van der Waals surface area contributed by atoms with E-state index >= 15 is 0 Å². The molecule has 2 saturated carbocycles. The Labute approximate surface area is 329 Å². The Morgan fingerprint density at radius 3 is 2.07 bits per heavy atom. The number of halogens is 1. The number of aliphatic hydroxyl groups is 1. The molecule has 8 rings (SSSR count). The largest absolute Gasteiger partial charge is 0.393 e. The van der Waals surface area contributed by atoms with Gasteiger partial charge in [-0.3, -0.25) is 19.4 Å². The average Bonchev–Trinajstić information content (AvgIpc) is 3.71. The van der Waals surface area contributed by atoms with Crippen molar-refractivity contribution >= 4 is 34.8 Å². The number of anilines is 2. The normalized spacial score (nSPS) is 20.9. The molecule has 2 aromatic heterocycles. The van der Waals surface area contributed by atoms with Gasteiger partial charge in [0, 0.05) is 81.8 Å². The Kier molecular flexibility index (Phi) is 11.2. The first-order valence-corrected chi connectivity index (χ1v) is 20.8. The van der Waals surface area contributed by atoms with Crippen LogP contribution >= 0.6 is 11.6 Å². The van der Waals surface area contributed by atoms with Gasteiger partial charge in [-0.15, -0.1) is 0 Å². The molecule has 55 heavy (non-hydrogen) atoms. The van der Waals surface area contributed by atoms with Crippen LogP contribution in [-0.4, -0.2) is 77.6 Å². The lowest BCUT2D eigenvalue weighted by atomic mass is 9.87. The molecule has 2 aromatic carbocycles. The second-order valence-electron chi connectivity index (χ2n) is 16.3. The minimum absolute atomic E-state index is 0.181. The molecule has 11 nitrogen and oxygen atoms in total. The summed E-state index contributed by atoms with van der Waals surface area (Å²) in [5.41, 5.74) is 7.82. The summed E-state index contributed by atoms with van der Waals surface area (Å²) in [7, 11) is 3.85. The topological polar surface area (TPSA) is 121 Å². The summed E-state index contributed by atoms with van der Waals surface area (Å²) in [5.74, 6) is 1.07. The second kappa shape index (κ2) is 16.2. The summed E-state index contributed by atoms with van der Waals surface area (Å²) in [6, 6.07) is 11.8. The number of hydrogen-bond donors (Lipinski definition) is 3. The van der Waals surface area contributed by atoms with E-state index in [-0.39, 0.29) is 17.9 Å². The van der Waals surface area contributed by atoms with Crippen molar-refractivity contribution in [3.8, 4) is 11.1 Å². The first-order chi connectivity index (χ1) is 26.6. The number of hydrogen-bond acceptors (Lipinski definition) is 7. The van der Waals surface area contributed by atoms with E-state index in [1.54, 1.807) is 0 Å². The van der Waals surface area contributed by atoms with E-state index in [9.17, 15) is 14.7 Å². The summed E-state index contributed by atoms with van der Waals surface area (Å²) in [4.78, 5) is 42.1. The summed E-state index contributed by atoms with van der Waals surface area (Å²) >= 11 is 7.05. The van der Waals surface area contributed by atoms with E-state index in [0.29, 0.717) is 34.1 Å². The fraction of sp³-hybridized carbons (Fsp3) is 0.535. The van der Waals surface area contributed by atoms with Gasteiger partial charge in [-0.25, -0.2) is 9.97 Å². The number of rotatable bonds is 9. The van der Waals surface area contributed by atoms with Crippen molar-refractivity contribution in [3.05, 3.63) is 81.4 Å². The fourth-order valence-electron chi connectivity index (χ4n) is 9.56. The molecule has 4 aliphatic rings. The van der Waals surface area contributed by atoms with Gasteiger partial charge < -0.3 is 24.9 Å². The third-order valence-corrected chi connectivity index (χ3v) is 13.3. The summed E-state index contributed by atoms with van der Waals surface area (Å²) in [5, 5.41) is 16.6. The quantitative estimate of drug-likeness (QED) is 0.164. The Balaban J connectivity index is 0.940. The van der Waals surface area contributed by atoms with E-state index in [4.69, 9.17) is 21.6 Å². The summed E-state index contributed by atoms with van der Waals surface area (Å²) < 4.78 is 3.87. The highest BCUT2D eigenvalue weighted by Crippen LogP contribution is 2.38. The zero-order valence-electron chi connectivity index (χ0n) is 32.5. The third-order valence-electron chi connectivity index (χ3n) is 12.9. The number of imidazole rings is 2. The van der Waals surface area contributed by atoms with E-state index in [1.807, 2.05) is 66.6 Å². The van der Waals surface area contributed by atoms with Crippen molar-refractivity contribution in [2.75, 3.05) is 30.3 Å². The van der Waals surface area contributed by atoms with Crippen molar-refractivity contribution in [2.45, 2.75) is 109 Å². The lowest BCUT2D eigenvalue weighted by Gasteiger charge is -2.37. The third kappa shape index (κ3) is 7.86. The predicted molar refractivity (Wildman–Crippen MR) is 216 cm³/mol. The molecular weight excluding hydrogens is 712 g/mol. The van der Waals surface area contributed by atoms with Gasteiger partial charge in [-0.2, -0.15) is 0 Å². The van der Waals surface area contributed by atoms with Gasteiger partial charge in [0.15, 0.2) is 11.6 Å². The number of carbonyl (C=O) groups excluding carboxylic acids is 2. The monoisotopic (exact) mass is 766 g/mol. The molecular formula is C43H55ClN8O3. The lowest BCUT2D eigenvalue weighted by molar-refractivity contribution is 0.0668.